The van der Waals surface area contributed by atoms with E-state index in [1.165, 1.54) is 12.1 Å². The Labute approximate surface area is 76.2 Å². The average Bonchev–Trinajstić information content (AvgIpc) is 2.10. The molecule has 0 aliphatic heterocycles. The highest BCUT2D eigenvalue weighted by molar-refractivity contribution is 5.45. The number of halogens is 2. The molecule has 0 saturated heterocycles. The molecule has 0 heterocycles. The van der Waals surface area contributed by atoms with Gasteiger partial charge in [0, 0.05) is 18.8 Å². The van der Waals surface area contributed by atoms with Gasteiger partial charge in [-0.25, -0.2) is 8.78 Å². The Morgan fingerprint density at radius 1 is 1.31 bits per heavy atom. The highest BCUT2D eigenvalue weighted by Crippen LogP contribution is 2.15. The predicted molar refractivity (Wildman–Crippen MR) is 48.7 cm³/mol. The third-order valence-corrected chi connectivity index (χ3v) is 1.74. The van der Waals surface area contributed by atoms with Crippen molar-refractivity contribution >= 4 is 5.69 Å². The first-order valence-corrected chi connectivity index (χ1v) is 3.96. The zero-order chi connectivity index (χ0) is 9.84. The monoisotopic (exact) mass is 186 g/mol. The van der Waals surface area contributed by atoms with E-state index in [0.29, 0.717) is 12.4 Å². The molecule has 0 atom stereocenters. The van der Waals surface area contributed by atoms with Crippen molar-refractivity contribution in [3.05, 3.63) is 29.8 Å². The van der Waals surface area contributed by atoms with E-state index in [-0.39, 0.29) is 0 Å². The van der Waals surface area contributed by atoms with Gasteiger partial charge in [0.2, 0.25) is 0 Å². The SMILES string of the molecule is CNCN(C)c1ccc(F)c(F)c1. The number of anilines is 1. The Bertz CT molecular complexity index is 289. The lowest BCUT2D eigenvalue weighted by molar-refractivity contribution is 0.508. The largest absolute Gasteiger partial charge is 0.362 e. The minimum Gasteiger partial charge on any atom is -0.362 e. The molecular formula is C9H12F2N2. The van der Waals surface area contributed by atoms with Crippen molar-refractivity contribution in [3.63, 3.8) is 0 Å². The number of nitrogens with one attached hydrogen (secondary N) is 1. The zero-order valence-corrected chi connectivity index (χ0v) is 7.64. The molecule has 0 aliphatic rings. The van der Waals surface area contributed by atoms with E-state index in [1.54, 1.807) is 19.0 Å². The molecule has 13 heavy (non-hydrogen) atoms. The second kappa shape index (κ2) is 4.18. The summed E-state index contributed by atoms with van der Waals surface area (Å²) >= 11 is 0. The quantitative estimate of drug-likeness (QED) is 0.721. The van der Waals surface area contributed by atoms with E-state index in [9.17, 15) is 8.78 Å². The van der Waals surface area contributed by atoms with Crippen LogP contribution in [0.3, 0.4) is 0 Å². The Morgan fingerprint density at radius 3 is 2.54 bits per heavy atom. The lowest BCUT2D eigenvalue weighted by atomic mass is 10.3. The third-order valence-electron chi connectivity index (χ3n) is 1.74. The van der Waals surface area contributed by atoms with Crippen LogP contribution in [0.5, 0.6) is 0 Å². The van der Waals surface area contributed by atoms with Gasteiger partial charge < -0.3 is 10.2 Å². The second-order valence-corrected chi connectivity index (χ2v) is 2.81. The summed E-state index contributed by atoms with van der Waals surface area (Å²) in [4.78, 5) is 1.78. The van der Waals surface area contributed by atoms with Crippen molar-refractivity contribution in [3.8, 4) is 0 Å². The molecule has 0 unspecified atom stereocenters. The van der Waals surface area contributed by atoms with Gasteiger partial charge in [-0.15, -0.1) is 0 Å². The molecule has 1 aromatic rings. The normalized spacial score (nSPS) is 10.2. The van der Waals surface area contributed by atoms with Gasteiger partial charge in [0.1, 0.15) is 0 Å². The molecular weight excluding hydrogens is 174 g/mol. The molecule has 0 aliphatic carbocycles. The van der Waals surface area contributed by atoms with Crippen molar-refractivity contribution in [2.24, 2.45) is 0 Å². The smallest absolute Gasteiger partial charge is 0.160 e. The van der Waals surface area contributed by atoms with Gasteiger partial charge in [0.15, 0.2) is 11.6 Å². The lowest BCUT2D eigenvalue weighted by Gasteiger charge is -2.18. The molecule has 0 radical (unpaired) electrons. The molecule has 4 heteroatoms. The maximum Gasteiger partial charge on any atom is 0.160 e. The fourth-order valence-electron chi connectivity index (χ4n) is 1.05. The van der Waals surface area contributed by atoms with E-state index < -0.39 is 11.6 Å². The molecule has 0 aromatic heterocycles. The molecule has 0 amide bonds. The average molecular weight is 186 g/mol. The van der Waals surface area contributed by atoms with Gasteiger partial charge in [-0.1, -0.05) is 0 Å². The summed E-state index contributed by atoms with van der Waals surface area (Å²) in [5.74, 6) is -1.64. The van der Waals surface area contributed by atoms with Gasteiger partial charge in [0.25, 0.3) is 0 Å². The highest BCUT2D eigenvalue weighted by Gasteiger charge is 2.04. The summed E-state index contributed by atoms with van der Waals surface area (Å²) in [5, 5.41) is 2.91. The number of nitrogens with zero attached hydrogens (tertiary/aromatic N) is 1. The van der Waals surface area contributed by atoms with Gasteiger partial charge in [-0.3, -0.25) is 0 Å². The van der Waals surface area contributed by atoms with Crippen molar-refractivity contribution < 1.29 is 8.78 Å². The van der Waals surface area contributed by atoms with Gasteiger partial charge in [-0.05, 0) is 19.2 Å². The first-order valence-electron chi connectivity index (χ1n) is 3.96. The predicted octanol–water partition coefficient (Wildman–Crippen LogP) is 1.58. The van der Waals surface area contributed by atoms with Crippen LogP contribution in [-0.2, 0) is 0 Å². The minimum absolute atomic E-state index is 0.588. The Kier molecular flexibility index (Phi) is 3.19. The summed E-state index contributed by atoms with van der Waals surface area (Å²) in [6.45, 7) is 0.588. The molecule has 2 nitrogen and oxygen atoms in total. The molecule has 1 aromatic carbocycles. The summed E-state index contributed by atoms with van der Waals surface area (Å²) in [5.41, 5.74) is 0.647. The van der Waals surface area contributed by atoms with E-state index in [0.717, 1.165) is 6.07 Å². The fraction of sp³-hybridized carbons (Fsp3) is 0.333. The van der Waals surface area contributed by atoms with Crippen LogP contribution in [0.1, 0.15) is 0 Å². The van der Waals surface area contributed by atoms with Gasteiger partial charge in [0.05, 0.1) is 6.67 Å². The number of hydrogen-bond donors (Lipinski definition) is 1. The highest BCUT2D eigenvalue weighted by atomic mass is 19.2. The molecule has 0 bridgehead atoms. The Hall–Kier alpha value is -1.16. The van der Waals surface area contributed by atoms with Crippen LogP contribution in [0, 0.1) is 11.6 Å². The number of hydrogen-bond acceptors (Lipinski definition) is 2. The topological polar surface area (TPSA) is 15.3 Å². The van der Waals surface area contributed by atoms with Crippen LogP contribution in [0.25, 0.3) is 0 Å². The van der Waals surface area contributed by atoms with Crippen LogP contribution >= 0.6 is 0 Å². The Balaban J connectivity index is 2.84. The van der Waals surface area contributed by atoms with Crippen molar-refractivity contribution in [2.45, 2.75) is 0 Å². The summed E-state index contributed by atoms with van der Waals surface area (Å²) in [7, 11) is 3.58. The lowest BCUT2D eigenvalue weighted by Crippen LogP contribution is -2.28. The van der Waals surface area contributed by atoms with Crippen molar-refractivity contribution in [1.29, 1.82) is 0 Å². The number of benzene rings is 1. The number of rotatable bonds is 3. The minimum atomic E-state index is -0.819. The van der Waals surface area contributed by atoms with E-state index in [2.05, 4.69) is 5.32 Å². The first-order chi connectivity index (χ1) is 6.15. The molecule has 1 N–H and O–H groups in total. The van der Waals surface area contributed by atoms with Crippen LogP contribution in [0.4, 0.5) is 14.5 Å². The summed E-state index contributed by atoms with van der Waals surface area (Å²) < 4.78 is 25.3. The maximum atomic E-state index is 12.8. The first kappa shape index (κ1) is 9.92. The van der Waals surface area contributed by atoms with Crippen molar-refractivity contribution in [1.82, 2.24) is 5.32 Å². The Morgan fingerprint density at radius 2 is 2.00 bits per heavy atom. The van der Waals surface area contributed by atoms with E-state index >= 15 is 0 Å². The standard InChI is InChI=1S/C9H12F2N2/c1-12-6-13(2)7-3-4-8(10)9(11)5-7/h3-5,12H,6H2,1-2H3. The van der Waals surface area contributed by atoms with E-state index in [1.807, 2.05) is 0 Å². The zero-order valence-electron chi connectivity index (χ0n) is 7.64. The summed E-state index contributed by atoms with van der Waals surface area (Å²) in [6.07, 6.45) is 0. The molecule has 1 rings (SSSR count). The fourth-order valence-corrected chi connectivity index (χ4v) is 1.05. The molecule has 0 spiro atoms. The van der Waals surface area contributed by atoms with Crippen LogP contribution in [0.15, 0.2) is 18.2 Å². The second-order valence-electron chi connectivity index (χ2n) is 2.81. The maximum absolute atomic E-state index is 12.8. The van der Waals surface area contributed by atoms with Gasteiger partial charge >= 0.3 is 0 Å². The molecule has 72 valence electrons. The third kappa shape index (κ3) is 2.39. The van der Waals surface area contributed by atoms with Crippen LogP contribution < -0.4 is 10.2 Å². The van der Waals surface area contributed by atoms with Crippen LogP contribution in [-0.4, -0.2) is 20.8 Å². The summed E-state index contributed by atoms with van der Waals surface area (Å²) in [6, 6.07) is 3.83. The van der Waals surface area contributed by atoms with Crippen molar-refractivity contribution in [2.75, 3.05) is 25.7 Å². The molecule has 0 saturated carbocycles. The van der Waals surface area contributed by atoms with Crippen LogP contribution in [0.2, 0.25) is 0 Å². The van der Waals surface area contributed by atoms with Gasteiger partial charge in [-0.2, -0.15) is 0 Å². The van der Waals surface area contributed by atoms with E-state index in [4.69, 9.17) is 0 Å². The molecule has 0 fully saturated rings.